The highest BCUT2D eigenvalue weighted by Crippen LogP contribution is 2.40. The van der Waals surface area contributed by atoms with E-state index in [2.05, 4.69) is 5.32 Å². The quantitative estimate of drug-likeness (QED) is 0.780. The standard InChI is InChI=1S/C23H26N2O3/c1-6-24-21(26)17-11-8-12-18-19(17)23(28)25(22(18)27)20-15(13(2)3)9-7-10-16(20)14(4)5/h7-14H,6H2,1-5H3,(H,24,26). The molecule has 0 bridgehead atoms. The number of para-hydroxylation sites is 1. The van der Waals surface area contributed by atoms with Crippen LogP contribution in [0.2, 0.25) is 0 Å². The monoisotopic (exact) mass is 378 g/mol. The molecule has 0 unspecified atom stereocenters. The van der Waals surface area contributed by atoms with Crippen molar-refractivity contribution in [1.82, 2.24) is 5.32 Å². The molecule has 146 valence electrons. The maximum absolute atomic E-state index is 13.4. The normalized spacial score (nSPS) is 13.5. The van der Waals surface area contributed by atoms with Gasteiger partial charge in [-0.25, -0.2) is 4.90 Å². The third-order valence-electron chi connectivity index (χ3n) is 5.06. The van der Waals surface area contributed by atoms with E-state index in [0.717, 1.165) is 11.1 Å². The van der Waals surface area contributed by atoms with E-state index in [4.69, 9.17) is 0 Å². The molecule has 5 nitrogen and oxygen atoms in total. The van der Waals surface area contributed by atoms with E-state index >= 15 is 0 Å². The first kappa shape index (κ1) is 19.8. The molecule has 0 saturated heterocycles. The van der Waals surface area contributed by atoms with Gasteiger partial charge in [-0.15, -0.1) is 0 Å². The molecule has 2 aromatic carbocycles. The predicted molar refractivity (Wildman–Crippen MR) is 110 cm³/mol. The topological polar surface area (TPSA) is 66.5 Å². The summed E-state index contributed by atoms with van der Waals surface area (Å²) >= 11 is 0. The second-order valence-electron chi connectivity index (χ2n) is 7.63. The smallest absolute Gasteiger partial charge is 0.266 e. The minimum Gasteiger partial charge on any atom is -0.352 e. The fourth-order valence-corrected chi connectivity index (χ4v) is 3.70. The van der Waals surface area contributed by atoms with E-state index in [1.165, 1.54) is 4.90 Å². The molecule has 0 aliphatic carbocycles. The number of rotatable bonds is 5. The molecular weight excluding hydrogens is 352 g/mol. The lowest BCUT2D eigenvalue weighted by atomic mass is 9.92. The lowest BCUT2D eigenvalue weighted by Crippen LogP contribution is -2.32. The Labute approximate surface area is 165 Å². The number of fused-ring (bicyclic) bond motifs is 1. The van der Waals surface area contributed by atoms with Gasteiger partial charge in [0.15, 0.2) is 0 Å². The summed E-state index contributed by atoms with van der Waals surface area (Å²) in [5, 5.41) is 2.72. The van der Waals surface area contributed by atoms with Gasteiger partial charge in [-0.2, -0.15) is 0 Å². The molecule has 1 N–H and O–H groups in total. The second kappa shape index (κ2) is 7.58. The van der Waals surface area contributed by atoms with Crippen LogP contribution in [0.1, 0.15) is 88.7 Å². The molecule has 0 atom stereocenters. The molecule has 3 rings (SSSR count). The summed E-state index contributed by atoms with van der Waals surface area (Å²) in [6, 6.07) is 10.7. The number of hydrogen-bond donors (Lipinski definition) is 1. The summed E-state index contributed by atoms with van der Waals surface area (Å²) < 4.78 is 0. The molecule has 2 aromatic rings. The average Bonchev–Trinajstić information content (AvgIpc) is 2.91. The van der Waals surface area contributed by atoms with Gasteiger partial charge in [-0.05, 0) is 42.0 Å². The minimum absolute atomic E-state index is 0.140. The van der Waals surface area contributed by atoms with Crippen molar-refractivity contribution in [2.45, 2.75) is 46.5 Å². The Morgan fingerprint density at radius 3 is 2.04 bits per heavy atom. The number of hydrogen-bond acceptors (Lipinski definition) is 3. The van der Waals surface area contributed by atoms with Crippen LogP contribution in [0.15, 0.2) is 36.4 Å². The summed E-state index contributed by atoms with van der Waals surface area (Å²) in [4.78, 5) is 40.4. The highest BCUT2D eigenvalue weighted by atomic mass is 16.2. The lowest BCUT2D eigenvalue weighted by Gasteiger charge is -2.25. The predicted octanol–water partition coefficient (Wildman–Crippen LogP) is 4.48. The van der Waals surface area contributed by atoms with Crippen LogP contribution in [0.25, 0.3) is 0 Å². The molecule has 28 heavy (non-hydrogen) atoms. The minimum atomic E-state index is -0.433. The van der Waals surface area contributed by atoms with Crippen molar-refractivity contribution in [1.29, 1.82) is 0 Å². The highest BCUT2D eigenvalue weighted by molar-refractivity contribution is 6.36. The highest BCUT2D eigenvalue weighted by Gasteiger charge is 2.41. The molecule has 0 spiro atoms. The van der Waals surface area contributed by atoms with Gasteiger partial charge in [0, 0.05) is 6.54 Å². The number of imide groups is 1. The van der Waals surface area contributed by atoms with Crippen LogP contribution < -0.4 is 10.2 Å². The Morgan fingerprint density at radius 1 is 0.929 bits per heavy atom. The molecule has 1 heterocycles. The van der Waals surface area contributed by atoms with E-state index in [1.807, 2.05) is 52.8 Å². The third kappa shape index (κ3) is 3.11. The number of carbonyl (C=O) groups excluding carboxylic acids is 3. The van der Waals surface area contributed by atoms with Gasteiger partial charge >= 0.3 is 0 Å². The summed E-state index contributed by atoms with van der Waals surface area (Å²) in [6.07, 6.45) is 0. The first-order chi connectivity index (χ1) is 13.3. The van der Waals surface area contributed by atoms with E-state index in [1.54, 1.807) is 18.2 Å². The van der Waals surface area contributed by atoms with Gasteiger partial charge in [-0.3, -0.25) is 14.4 Å². The third-order valence-corrected chi connectivity index (χ3v) is 5.06. The fourth-order valence-electron chi connectivity index (χ4n) is 3.70. The van der Waals surface area contributed by atoms with Crippen molar-refractivity contribution in [3.8, 4) is 0 Å². The number of carbonyl (C=O) groups is 3. The van der Waals surface area contributed by atoms with E-state index in [-0.39, 0.29) is 40.3 Å². The van der Waals surface area contributed by atoms with Gasteiger partial charge in [0.05, 0.1) is 22.4 Å². The Hall–Kier alpha value is -2.95. The van der Waals surface area contributed by atoms with Crippen LogP contribution in [0, 0.1) is 0 Å². The van der Waals surface area contributed by atoms with E-state index in [0.29, 0.717) is 12.2 Å². The lowest BCUT2D eigenvalue weighted by molar-refractivity contribution is 0.0910. The largest absolute Gasteiger partial charge is 0.352 e. The van der Waals surface area contributed by atoms with Gasteiger partial charge < -0.3 is 5.32 Å². The van der Waals surface area contributed by atoms with Crippen LogP contribution in [0.3, 0.4) is 0 Å². The molecular formula is C23H26N2O3. The van der Waals surface area contributed by atoms with Crippen LogP contribution in [-0.2, 0) is 0 Å². The van der Waals surface area contributed by atoms with Crippen molar-refractivity contribution in [3.05, 3.63) is 64.2 Å². The first-order valence-electron chi connectivity index (χ1n) is 9.72. The molecule has 1 aliphatic rings. The van der Waals surface area contributed by atoms with Crippen molar-refractivity contribution in [2.75, 3.05) is 11.4 Å². The zero-order valence-corrected chi connectivity index (χ0v) is 17.0. The van der Waals surface area contributed by atoms with Crippen molar-refractivity contribution in [3.63, 3.8) is 0 Å². The molecule has 0 saturated carbocycles. The van der Waals surface area contributed by atoms with Crippen molar-refractivity contribution >= 4 is 23.4 Å². The summed E-state index contributed by atoms with van der Waals surface area (Å²) in [6.45, 7) is 10.4. The van der Waals surface area contributed by atoms with Crippen LogP contribution in [0.5, 0.6) is 0 Å². The van der Waals surface area contributed by atoms with Crippen molar-refractivity contribution in [2.24, 2.45) is 0 Å². The second-order valence-corrected chi connectivity index (χ2v) is 7.63. The van der Waals surface area contributed by atoms with Gasteiger partial charge in [0.25, 0.3) is 17.7 Å². The van der Waals surface area contributed by atoms with Crippen LogP contribution in [0.4, 0.5) is 5.69 Å². The van der Waals surface area contributed by atoms with E-state index in [9.17, 15) is 14.4 Å². The summed E-state index contributed by atoms with van der Waals surface area (Å²) in [5.41, 5.74) is 3.25. The zero-order chi connectivity index (χ0) is 20.6. The number of anilines is 1. The number of nitrogens with one attached hydrogen (secondary N) is 1. The zero-order valence-electron chi connectivity index (χ0n) is 17.0. The molecule has 0 fully saturated rings. The molecule has 5 heteroatoms. The Morgan fingerprint density at radius 2 is 1.50 bits per heavy atom. The SMILES string of the molecule is CCNC(=O)c1cccc2c1C(=O)N(c1c(C(C)C)cccc1C(C)C)C2=O. The molecule has 3 amide bonds. The van der Waals surface area contributed by atoms with Crippen LogP contribution >= 0.6 is 0 Å². The molecule has 1 aliphatic heterocycles. The van der Waals surface area contributed by atoms with Gasteiger partial charge in [0.2, 0.25) is 0 Å². The summed E-state index contributed by atoms with van der Waals surface area (Å²) in [5.74, 6) is -0.872. The maximum atomic E-state index is 13.4. The number of nitrogens with zero attached hydrogens (tertiary/aromatic N) is 1. The van der Waals surface area contributed by atoms with Gasteiger partial charge in [-0.1, -0.05) is 52.0 Å². The Kier molecular flexibility index (Phi) is 5.36. The van der Waals surface area contributed by atoms with E-state index < -0.39 is 5.91 Å². The first-order valence-corrected chi connectivity index (χ1v) is 9.72. The van der Waals surface area contributed by atoms with Crippen LogP contribution in [-0.4, -0.2) is 24.3 Å². The molecule has 0 radical (unpaired) electrons. The average molecular weight is 378 g/mol. The number of benzene rings is 2. The fraction of sp³-hybridized carbons (Fsp3) is 0.348. The Balaban J connectivity index is 2.22. The Bertz CT molecular complexity index is 934. The molecule has 0 aromatic heterocycles. The van der Waals surface area contributed by atoms with Gasteiger partial charge in [0.1, 0.15) is 0 Å². The van der Waals surface area contributed by atoms with Crippen molar-refractivity contribution < 1.29 is 14.4 Å². The summed E-state index contributed by atoms with van der Waals surface area (Å²) in [7, 11) is 0. The number of amides is 3. The maximum Gasteiger partial charge on any atom is 0.266 e.